The minimum absolute atomic E-state index is 0.0110. The SMILES string of the molecule is COc1ccc(CN(C)S(=O)(=O)C2=Cc3ccc(OC(F)F)cc3CC2)cc1OC(F)F. The number of nitrogens with zero attached hydrogens (tertiary/aromatic N) is 1. The maximum Gasteiger partial charge on any atom is 0.387 e. The lowest BCUT2D eigenvalue weighted by Gasteiger charge is -2.23. The van der Waals surface area contributed by atoms with Gasteiger partial charge in [-0.05, 0) is 59.9 Å². The molecular weight excluding hydrogens is 454 g/mol. The van der Waals surface area contributed by atoms with Crippen LogP contribution in [0, 0.1) is 0 Å². The first-order valence-corrected chi connectivity index (χ1v) is 10.9. The Balaban J connectivity index is 1.80. The number of aryl methyl sites for hydroxylation is 1. The molecule has 0 saturated carbocycles. The molecule has 0 fully saturated rings. The van der Waals surface area contributed by atoms with E-state index < -0.39 is 23.2 Å². The topological polar surface area (TPSA) is 65.1 Å². The molecule has 0 atom stereocenters. The highest BCUT2D eigenvalue weighted by Gasteiger charge is 2.27. The summed E-state index contributed by atoms with van der Waals surface area (Å²) >= 11 is 0. The molecule has 2 aromatic rings. The van der Waals surface area contributed by atoms with E-state index in [0.29, 0.717) is 23.1 Å². The van der Waals surface area contributed by atoms with Crippen molar-refractivity contribution in [2.75, 3.05) is 14.2 Å². The van der Waals surface area contributed by atoms with Crippen LogP contribution in [0.5, 0.6) is 17.2 Å². The number of benzene rings is 2. The van der Waals surface area contributed by atoms with E-state index in [1.54, 1.807) is 6.07 Å². The second kappa shape index (κ2) is 9.78. The molecule has 11 heteroatoms. The fraction of sp³-hybridized carbons (Fsp3) is 0.333. The number of hydrogen-bond acceptors (Lipinski definition) is 5. The molecule has 0 amide bonds. The van der Waals surface area contributed by atoms with Gasteiger partial charge < -0.3 is 14.2 Å². The maximum atomic E-state index is 13.1. The Bertz CT molecular complexity index is 1110. The molecule has 0 heterocycles. The second-order valence-electron chi connectivity index (χ2n) is 6.97. The third-order valence-electron chi connectivity index (χ3n) is 4.89. The number of methoxy groups -OCH3 is 1. The van der Waals surface area contributed by atoms with Crippen molar-refractivity contribution in [3.05, 3.63) is 58.0 Å². The molecule has 3 rings (SSSR count). The van der Waals surface area contributed by atoms with Crippen LogP contribution in [0.4, 0.5) is 17.6 Å². The normalized spacial score (nSPS) is 13.8. The second-order valence-corrected chi connectivity index (χ2v) is 9.07. The van der Waals surface area contributed by atoms with Crippen molar-refractivity contribution in [3.8, 4) is 17.2 Å². The molecule has 174 valence electrons. The molecule has 32 heavy (non-hydrogen) atoms. The highest BCUT2D eigenvalue weighted by molar-refractivity contribution is 7.93. The molecule has 0 saturated heterocycles. The lowest BCUT2D eigenvalue weighted by molar-refractivity contribution is -0.0515. The van der Waals surface area contributed by atoms with Gasteiger partial charge in [0.2, 0.25) is 10.0 Å². The van der Waals surface area contributed by atoms with Crippen LogP contribution in [0.1, 0.15) is 23.1 Å². The Morgan fingerprint density at radius 1 is 0.969 bits per heavy atom. The fourth-order valence-corrected chi connectivity index (χ4v) is 4.73. The lowest BCUT2D eigenvalue weighted by Crippen LogP contribution is -2.28. The average Bonchev–Trinajstić information content (AvgIpc) is 2.72. The predicted octanol–water partition coefficient (Wildman–Crippen LogP) is 4.65. The highest BCUT2D eigenvalue weighted by Crippen LogP contribution is 2.33. The zero-order valence-corrected chi connectivity index (χ0v) is 18.0. The molecule has 0 spiro atoms. The van der Waals surface area contributed by atoms with Crippen LogP contribution >= 0.6 is 0 Å². The number of sulfonamides is 1. The molecule has 1 aliphatic rings. The summed E-state index contributed by atoms with van der Waals surface area (Å²) in [5, 5.41) is 0. The van der Waals surface area contributed by atoms with Gasteiger partial charge in [0.15, 0.2) is 11.5 Å². The van der Waals surface area contributed by atoms with E-state index in [0.717, 1.165) is 4.31 Å². The molecule has 0 aromatic heterocycles. The van der Waals surface area contributed by atoms with Crippen molar-refractivity contribution >= 4 is 16.1 Å². The summed E-state index contributed by atoms with van der Waals surface area (Å²) in [5.41, 5.74) is 1.73. The Kier molecular flexibility index (Phi) is 7.29. The standard InChI is InChI=1S/C21H21F4NO5S/c1-26(12-13-3-8-18(29-2)19(9-13)31-21(24)25)32(27,28)17-7-5-14-10-16(30-20(22)23)6-4-15(14)11-17/h3-4,6,8-11,20-21H,5,7,12H2,1-2H3. The lowest BCUT2D eigenvalue weighted by atomic mass is 9.97. The first-order valence-electron chi connectivity index (χ1n) is 9.46. The fourth-order valence-electron chi connectivity index (χ4n) is 3.37. The summed E-state index contributed by atoms with van der Waals surface area (Å²) in [7, 11) is -1.18. The van der Waals surface area contributed by atoms with Crippen molar-refractivity contribution in [3.63, 3.8) is 0 Å². The van der Waals surface area contributed by atoms with E-state index in [9.17, 15) is 26.0 Å². The minimum Gasteiger partial charge on any atom is -0.493 e. The van der Waals surface area contributed by atoms with Gasteiger partial charge in [0.25, 0.3) is 0 Å². The van der Waals surface area contributed by atoms with E-state index in [1.165, 1.54) is 50.6 Å². The minimum atomic E-state index is -3.86. The quantitative estimate of drug-likeness (QED) is 0.494. The van der Waals surface area contributed by atoms with E-state index in [1.807, 2.05) is 0 Å². The van der Waals surface area contributed by atoms with Gasteiger partial charge in [-0.2, -0.15) is 21.9 Å². The third kappa shape index (κ3) is 5.52. The number of rotatable bonds is 9. The van der Waals surface area contributed by atoms with Crippen molar-refractivity contribution in [1.82, 2.24) is 4.31 Å². The molecule has 0 unspecified atom stereocenters. The molecule has 2 aromatic carbocycles. The summed E-state index contributed by atoms with van der Waals surface area (Å²) in [6, 6.07) is 8.61. The first-order chi connectivity index (χ1) is 15.1. The number of ether oxygens (including phenoxy) is 3. The summed E-state index contributed by atoms with van der Waals surface area (Å²) in [5.74, 6) is -0.0864. The number of hydrogen-bond donors (Lipinski definition) is 0. The van der Waals surface area contributed by atoms with Gasteiger partial charge in [0, 0.05) is 13.6 Å². The van der Waals surface area contributed by atoms with Crippen LogP contribution in [-0.4, -0.2) is 40.1 Å². The molecule has 6 nitrogen and oxygen atoms in total. The Hall–Kier alpha value is -2.79. The molecule has 0 aliphatic heterocycles. The first kappa shape index (κ1) is 23.9. The number of allylic oxidation sites excluding steroid dienone is 1. The summed E-state index contributed by atoms with van der Waals surface area (Å²) in [6.07, 6.45) is 2.01. The van der Waals surface area contributed by atoms with Gasteiger partial charge in [-0.15, -0.1) is 0 Å². The largest absolute Gasteiger partial charge is 0.493 e. The van der Waals surface area contributed by atoms with Crippen LogP contribution in [0.15, 0.2) is 41.3 Å². The van der Waals surface area contributed by atoms with Crippen molar-refractivity contribution in [1.29, 1.82) is 0 Å². The third-order valence-corrected chi connectivity index (χ3v) is 6.82. The monoisotopic (exact) mass is 475 g/mol. The van der Waals surface area contributed by atoms with Crippen molar-refractivity contribution in [2.24, 2.45) is 0 Å². The molecule has 0 bridgehead atoms. The van der Waals surface area contributed by atoms with Crippen LogP contribution < -0.4 is 14.2 Å². The van der Waals surface area contributed by atoms with Crippen LogP contribution in [-0.2, 0) is 23.0 Å². The van der Waals surface area contributed by atoms with Crippen LogP contribution in [0.2, 0.25) is 0 Å². The molecular formula is C21H21F4NO5S. The number of alkyl halides is 4. The average molecular weight is 475 g/mol. The smallest absolute Gasteiger partial charge is 0.387 e. The number of fused-ring (bicyclic) bond motifs is 1. The summed E-state index contributed by atoms with van der Waals surface area (Å²) in [6.45, 7) is -6.09. The van der Waals surface area contributed by atoms with E-state index in [-0.39, 0.29) is 35.1 Å². The zero-order valence-electron chi connectivity index (χ0n) is 17.2. The molecule has 0 N–H and O–H groups in total. The summed E-state index contributed by atoms with van der Waals surface area (Å²) in [4.78, 5) is 0.160. The van der Waals surface area contributed by atoms with Gasteiger partial charge >= 0.3 is 13.2 Å². The van der Waals surface area contributed by atoms with Crippen molar-refractivity contribution in [2.45, 2.75) is 32.6 Å². The van der Waals surface area contributed by atoms with E-state index in [4.69, 9.17) is 4.74 Å². The predicted molar refractivity (Wildman–Crippen MR) is 109 cm³/mol. The Morgan fingerprint density at radius 2 is 1.69 bits per heavy atom. The van der Waals surface area contributed by atoms with Gasteiger partial charge in [0.1, 0.15) is 5.75 Å². The van der Waals surface area contributed by atoms with Gasteiger partial charge in [-0.25, -0.2) is 8.42 Å². The Morgan fingerprint density at radius 3 is 2.34 bits per heavy atom. The van der Waals surface area contributed by atoms with Crippen molar-refractivity contribution < 1.29 is 40.2 Å². The van der Waals surface area contributed by atoms with E-state index in [2.05, 4.69) is 9.47 Å². The van der Waals surface area contributed by atoms with Gasteiger partial charge in [-0.1, -0.05) is 12.1 Å². The van der Waals surface area contributed by atoms with E-state index >= 15 is 0 Å². The molecule has 0 radical (unpaired) electrons. The number of halogens is 4. The van der Waals surface area contributed by atoms with Crippen LogP contribution in [0.3, 0.4) is 0 Å². The Labute approximate surface area is 183 Å². The molecule has 1 aliphatic carbocycles. The highest BCUT2D eigenvalue weighted by atomic mass is 32.2. The maximum absolute atomic E-state index is 13.1. The summed E-state index contributed by atoms with van der Waals surface area (Å²) < 4.78 is 91.1. The van der Waals surface area contributed by atoms with Gasteiger partial charge in [-0.3, -0.25) is 0 Å². The van der Waals surface area contributed by atoms with Gasteiger partial charge in [0.05, 0.1) is 12.0 Å². The van der Waals surface area contributed by atoms with Crippen LogP contribution in [0.25, 0.3) is 6.08 Å². The zero-order chi connectivity index (χ0) is 23.5.